The van der Waals surface area contributed by atoms with Gasteiger partial charge in [-0.3, -0.25) is 14.7 Å². The monoisotopic (exact) mass is 368 g/mol. The number of aromatic amines is 1. The van der Waals surface area contributed by atoms with E-state index in [1.807, 2.05) is 29.2 Å². The SMILES string of the molecule is NCc1nc(-c2ccc(NC(=O)C3CC(=O)N(C4CCCC4)C3)cc2)n[nH]1. The first-order valence-corrected chi connectivity index (χ1v) is 9.46. The average Bonchev–Trinajstić information content (AvgIpc) is 3.42. The van der Waals surface area contributed by atoms with E-state index in [1.54, 1.807) is 0 Å². The second-order valence-electron chi connectivity index (χ2n) is 7.26. The van der Waals surface area contributed by atoms with E-state index in [4.69, 9.17) is 5.73 Å². The smallest absolute Gasteiger partial charge is 0.229 e. The zero-order chi connectivity index (χ0) is 18.8. The number of carbonyl (C=O) groups excluding carboxylic acids is 2. The van der Waals surface area contributed by atoms with E-state index in [1.165, 1.54) is 12.8 Å². The van der Waals surface area contributed by atoms with E-state index in [9.17, 15) is 9.59 Å². The van der Waals surface area contributed by atoms with Crippen molar-refractivity contribution in [2.45, 2.75) is 44.7 Å². The van der Waals surface area contributed by atoms with Gasteiger partial charge >= 0.3 is 0 Å². The Balaban J connectivity index is 1.37. The Morgan fingerprint density at radius 1 is 1.26 bits per heavy atom. The number of likely N-dealkylation sites (tertiary alicyclic amines) is 1. The molecule has 2 aromatic rings. The van der Waals surface area contributed by atoms with Gasteiger partial charge in [0.05, 0.1) is 12.5 Å². The van der Waals surface area contributed by atoms with Gasteiger partial charge in [0.25, 0.3) is 0 Å². The zero-order valence-electron chi connectivity index (χ0n) is 15.1. The summed E-state index contributed by atoms with van der Waals surface area (Å²) in [5.74, 6) is 0.928. The normalized spacial score (nSPS) is 20.4. The van der Waals surface area contributed by atoms with Gasteiger partial charge < -0.3 is 16.0 Å². The molecule has 4 rings (SSSR count). The van der Waals surface area contributed by atoms with Gasteiger partial charge in [0, 0.05) is 30.3 Å². The molecule has 142 valence electrons. The number of H-pyrrole nitrogens is 1. The lowest BCUT2D eigenvalue weighted by molar-refractivity contribution is -0.129. The van der Waals surface area contributed by atoms with Gasteiger partial charge in [-0.05, 0) is 37.1 Å². The summed E-state index contributed by atoms with van der Waals surface area (Å²) in [6.45, 7) is 0.839. The van der Waals surface area contributed by atoms with Crippen LogP contribution in [-0.2, 0) is 16.1 Å². The Morgan fingerprint density at radius 2 is 2.00 bits per heavy atom. The third-order valence-electron chi connectivity index (χ3n) is 5.43. The van der Waals surface area contributed by atoms with E-state index in [2.05, 4.69) is 20.5 Å². The number of anilines is 1. The Morgan fingerprint density at radius 3 is 2.67 bits per heavy atom. The molecule has 1 aromatic carbocycles. The molecular formula is C19H24N6O2. The summed E-state index contributed by atoms with van der Waals surface area (Å²) >= 11 is 0. The number of benzene rings is 1. The van der Waals surface area contributed by atoms with E-state index in [0.29, 0.717) is 42.9 Å². The second kappa shape index (κ2) is 7.48. The van der Waals surface area contributed by atoms with Crippen LogP contribution in [0, 0.1) is 5.92 Å². The fourth-order valence-corrected chi connectivity index (χ4v) is 3.94. The number of nitrogens with zero attached hydrogens (tertiary/aromatic N) is 3. The predicted octanol–water partition coefficient (Wildman–Crippen LogP) is 1.66. The van der Waals surface area contributed by atoms with Crippen molar-refractivity contribution in [3.8, 4) is 11.4 Å². The van der Waals surface area contributed by atoms with Crippen LogP contribution in [0.25, 0.3) is 11.4 Å². The molecule has 1 saturated heterocycles. The number of nitrogens with two attached hydrogens (primary N) is 1. The highest BCUT2D eigenvalue weighted by Gasteiger charge is 2.38. The highest BCUT2D eigenvalue weighted by molar-refractivity contribution is 5.97. The maximum Gasteiger partial charge on any atom is 0.229 e. The summed E-state index contributed by atoms with van der Waals surface area (Å²) in [4.78, 5) is 31.1. The first kappa shape index (κ1) is 17.7. The summed E-state index contributed by atoms with van der Waals surface area (Å²) < 4.78 is 0. The van der Waals surface area contributed by atoms with Crippen molar-refractivity contribution in [3.05, 3.63) is 30.1 Å². The molecule has 1 saturated carbocycles. The molecular weight excluding hydrogens is 344 g/mol. The lowest BCUT2D eigenvalue weighted by atomic mass is 10.1. The first-order chi connectivity index (χ1) is 13.1. The zero-order valence-corrected chi connectivity index (χ0v) is 15.1. The van der Waals surface area contributed by atoms with E-state index >= 15 is 0 Å². The van der Waals surface area contributed by atoms with Gasteiger partial charge in [-0.15, -0.1) is 0 Å². The number of carbonyl (C=O) groups is 2. The number of rotatable bonds is 5. The van der Waals surface area contributed by atoms with Crippen molar-refractivity contribution in [2.24, 2.45) is 11.7 Å². The molecule has 0 spiro atoms. The van der Waals surface area contributed by atoms with Gasteiger partial charge in [-0.2, -0.15) is 5.10 Å². The fraction of sp³-hybridized carbons (Fsp3) is 0.474. The lowest BCUT2D eigenvalue weighted by Crippen LogP contribution is -2.35. The van der Waals surface area contributed by atoms with Gasteiger partial charge in [-0.1, -0.05) is 12.8 Å². The van der Waals surface area contributed by atoms with Gasteiger partial charge in [0.2, 0.25) is 11.8 Å². The molecule has 2 fully saturated rings. The van der Waals surface area contributed by atoms with Crippen LogP contribution in [0.5, 0.6) is 0 Å². The van der Waals surface area contributed by atoms with Crippen molar-refractivity contribution >= 4 is 17.5 Å². The molecule has 1 aliphatic carbocycles. The summed E-state index contributed by atoms with van der Waals surface area (Å²) in [6.07, 6.45) is 4.79. The molecule has 1 atom stereocenters. The van der Waals surface area contributed by atoms with Crippen LogP contribution in [0.1, 0.15) is 37.9 Å². The Labute approximate surface area is 157 Å². The van der Waals surface area contributed by atoms with E-state index < -0.39 is 0 Å². The molecule has 8 heteroatoms. The topological polar surface area (TPSA) is 117 Å². The predicted molar refractivity (Wildman–Crippen MR) is 100 cm³/mol. The number of hydrogen-bond donors (Lipinski definition) is 3. The molecule has 4 N–H and O–H groups in total. The van der Waals surface area contributed by atoms with Crippen LogP contribution in [0.4, 0.5) is 5.69 Å². The molecule has 0 bridgehead atoms. The Kier molecular flexibility index (Phi) is 4.89. The molecule has 2 amide bonds. The van der Waals surface area contributed by atoms with Gasteiger partial charge in [0.15, 0.2) is 5.82 Å². The van der Waals surface area contributed by atoms with Crippen LogP contribution in [0.15, 0.2) is 24.3 Å². The summed E-state index contributed by atoms with van der Waals surface area (Å²) in [5.41, 5.74) is 7.07. The van der Waals surface area contributed by atoms with Crippen molar-refractivity contribution in [3.63, 3.8) is 0 Å². The number of amides is 2. The van der Waals surface area contributed by atoms with Crippen LogP contribution in [-0.4, -0.2) is 44.5 Å². The largest absolute Gasteiger partial charge is 0.339 e. The van der Waals surface area contributed by atoms with Gasteiger partial charge in [0.1, 0.15) is 5.82 Å². The molecule has 8 nitrogen and oxygen atoms in total. The molecule has 0 radical (unpaired) electrons. The van der Waals surface area contributed by atoms with Gasteiger partial charge in [-0.25, -0.2) is 4.98 Å². The molecule has 27 heavy (non-hydrogen) atoms. The third-order valence-corrected chi connectivity index (χ3v) is 5.43. The molecule has 2 heterocycles. The average molecular weight is 368 g/mol. The van der Waals surface area contributed by atoms with Crippen molar-refractivity contribution in [1.29, 1.82) is 0 Å². The molecule has 2 aliphatic rings. The first-order valence-electron chi connectivity index (χ1n) is 9.46. The minimum Gasteiger partial charge on any atom is -0.339 e. The Hall–Kier alpha value is -2.74. The molecule has 1 unspecified atom stereocenters. The minimum atomic E-state index is -0.280. The minimum absolute atomic E-state index is 0.0973. The van der Waals surface area contributed by atoms with Crippen LogP contribution >= 0.6 is 0 Å². The summed E-state index contributed by atoms with van der Waals surface area (Å²) in [7, 11) is 0. The standard InChI is InChI=1S/C19H24N6O2/c20-10-16-22-18(24-23-16)12-5-7-14(8-6-12)21-19(27)13-9-17(26)25(11-13)15-3-1-2-4-15/h5-8,13,15H,1-4,9-11,20H2,(H,21,27)(H,22,23,24). The number of aromatic nitrogens is 3. The van der Waals surface area contributed by atoms with Crippen LogP contribution < -0.4 is 11.1 Å². The fourth-order valence-electron chi connectivity index (χ4n) is 3.94. The third kappa shape index (κ3) is 3.71. The van der Waals surface area contributed by atoms with Crippen molar-refractivity contribution in [1.82, 2.24) is 20.1 Å². The van der Waals surface area contributed by atoms with Crippen LogP contribution in [0.3, 0.4) is 0 Å². The number of nitrogens with one attached hydrogen (secondary N) is 2. The maximum absolute atomic E-state index is 12.6. The van der Waals surface area contributed by atoms with E-state index in [0.717, 1.165) is 18.4 Å². The van der Waals surface area contributed by atoms with Crippen molar-refractivity contribution in [2.75, 3.05) is 11.9 Å². The highest BCUT2D eigenvalue weighted by atomic mass is 16.2. The molecule has 1 aliphatic heterocycles. The summed E-state index contributed by atoms with van der Waals surface area (Å²) in [5, 5.41) is 9.82. The Bertz CT molecular complexity index is 825. The highest BCUT2D eigenvalue weighted by Crippen LogP contribution is 2.30. The second-order valence-corrected chi connectivity index (χ2v) is 7.26. The van der Waals surface area contributed by atoms with Crippen molar-refractivity contribution < 1.29 is 9.59 Å². The quantitative estimate of drug-likeness (QED) is 0.742. The lowest BCUT2D eigenvalue weighted by Gasteiger charge is -2.23. The van der Waals surface area contributed by atoms with Crippen LogP contribution in [0.2, 0.25) is 0 Å². The maximum atomic E-state index is 12.6. The number of hydrogen-bond acceptors (Lipinski definition) is 5. The summed E-state index contributed by atoms with van der Waals surface area (Å²) in [6, 6.07) is 7.66. The molecule has 1 aromatic heterocycles. The van der Waals surface area contributed by atoms with E-state index in [-0.39, 0.29) is 17.7 Å².